The maximum absolute atomic E-state index is 4.91. The summed E-state index contributed by atoms with van der Waals surface area (Å²) in [6.07, 6.45) is 2.24. The lowest BCUT2D eigenvalue weighted by molar-refractivity contribution is 0.423. The molecule has 2 heteroatoms. The molecule has 0 amide bonds. The van der Waals surface area contributed by atoms with E-state index in [4.69, 9.17) is 10.5 Å². The Morgan fingerprint density at radius 2 is 2.25 bits per heavy atom. The minimum absolute atomic E-state index is 0.583. The monoisotopic (exact) mass is 115 g/mol. The molecule has 0 spiro atoms. The van der Waals surface area contributed by atoms with Crippen LogP contribution in [0.5, 0.6) is 0 Å². The zero-order chi connectivity index (χ0) is 6.41. The van der Waals surface area contributed by atoms with E-state index in [1.165, 1.54) is 0 Å². The van der Waals surface area contributed by atoms with Gasteiger partial charge in [0.25, 0.3) is 0 Å². The highest BCUT2D eigenvalue weighted by Crippen LogP contribution is 2.04. The second kappa shape index (κ2) is 4.81. The molecule has 2 nitrogen and oxygen atoms in total. The van der Waals surface area contributed by atoms with Gasteiger partial charge in [-0.25, -0.2) is 0 Å². The molecule has 0 radical (unpaired) electrons. The van der Waals surface area contributed by atoms with E-state index in [0.29, 0.717) is 12.6 Å². The highest BCUT2D eigenvalue weighted by atomic mass is 16.6. The van der Waals surface area contributed by atoms with Crippen molar-refractivity contribution in [3.05, 3.63) is 12.7 Å². The topological polar surface area (TPSA) is 38.5 Å². The third kappa shape index (κ3) is 9.18. The van der Waals surface area contributed by atoms with Crippen LogP contribution < -0.4 is 5.73 Å². The zero-order valence-corrected chi connectivity index (χ0v) is 5.26. The van der Waals surface area contributed by atoms with Gasteiger partial charge in [0.1, 0.15) is 0 Å². The number of hydrogen-bond acceptors (Lipinski definition) is 2. The molecule has 1 saturated heterocycles. The molecule has 1 unspecified atom stereocenters. The van der Waals surface area contributed by atoms with E-state index in [2.05, 4.69) is 13.5 Å². The average Bonchev–Trinajstić information content (AvgIpc) is 2.52. The quantitative estimate of drug-likeness (QED) is 0.400. The standard InChI is InChI=1S/C3H7N.C3H6O/c1-2-3-4;1-3-2-4-3/h2H,1,3-4H2;3H,2H2,1H3. The van der Waals surface area contributed by atoms with Crippen molar-refractivity contribution in [3.63, 3.8) is 0 Å². The summed E-state index contributed by atoms with van der Waals surface area (Å²) in [6, 6.07) is 0. The van der Waals surface area contributed by atoms with E-state index in [1.54, 1.807) is 6.08 Å². The summed E-state index contributed by atoms with van der Waals surface area (Å²) in [7, 11) is 0. The number of rotatable bonds is 1. The van der Waals surface area contributed by atoms with Crippen molar-refractivity contribution in [1.29, 1.82) is 0 Å². The Morgan fingerprint density at radius 3 is 2.25 bits per heavy atom. The van der Waals surface area contributed by atoms with Gasteiger partial charge in [-0.15, -0.1) is 6.58 Å². The van der Waals surface area contributed by atoms with Gasteiger partial charge in [-0.2, -0.15) is 0 Å². The predicted molar refractivity (Wildman–Crippen MR) is 34.7 cm³/mol. The molecule has 8 heavy (non-hydrogen) atoms. The molecule has 0 saturated carbocycles. The molecule has 1 heterocycles. The zero-order valence-electron chi connectivity index (χ0n) is 5.26. The number of epoxide rings is 1. The van der Waals surface area contributed by atoms with Crippen molar-refractivity contribution in [1.82, 2.24) is 0 Å². The van der Waals surface area contributed by atoms with Crippen molar-refractivity contribution in [2.45, 2.75) is 13.0 Å². The van der Waals surface area contributed by atoms with Crippen molar-refractivity contribution >= 4 is 0 Å². The predicted octanol–water partition coefficient (Wildman–Crippen LogP) is 0.536. The Bertz CT molecular complexity index is 59.5. The third-order valence-electron chi connectivity index (χ3n) is 0.667. The first-order valence-corrected chi connectivity index (χ1v) is 2.73. The third-order valence-corrected chi connectivity index (χ3v) is 0.667. The maximum Gasteiger partial charge on any atom is 0.0781 e. The molecule has 1 atom stereocenters. The van der Waals surface area contributed by atoms with Gasteiger partial charge in [0.2, 0.25) is 0 Å². The van der Waals surface area contributed by atoms with Crippen LogP contribution in [0.2, 0.25) is 0 Å². The molecular formula is C6H13NO. The van der Waals surface area contributed by atoms with Crippen molar-refractivity contribution in [3.8, 4) is 0 Å². The van der Waals surface area contributed by atoms with Gasteiger partial charge in [0, 0.05) is 6.54 Å². The molecule has 2 N–H and O–H groups in total. The second-order valence-electron chi connectivity index (χ2n) is 1.67. The lowest BCUT2D eigenvalue weighted by atomic mass is 10.6. The Labute approximate surface area is 50.3 Å². The molecule has 1 aliphatic heterocycles. The molecule has 1 rings (SSSR count). The van der Waals surface area contributed by atoms with E-state index >= 15 is 0 Å². The highest BCUT2D eigenvalue weighted by Gasteiger charge is 2.13. The second-order valence-corrected chi connectivity index (χ2v) is 1.67. The van der Waals surface area contributed by atoms with Crippen LogP contribution >= 0.6 is 0 Å². The molecule has 0 bridgehead atoms. The molecular weight excluding hydrogens is 102 g/mol. The van der Waals surface area contributed by atoms with Gasteiger partial charge in [0.15, 0.2) is 0 Å². The summed E-state index contributed by atoms with van der Waals surface area (Å²) in [4.78, 5) is 0. The normalized spacial score (nSPS) is 23.0. The van der Waals surface area contributed by atoms with E-state index < -0.39 is 0 Å². The Kier molecular flexibility index (Phi) is 4.61. The number of ether oxygens (including phenoxy) is 1. The Balaban J connectivity index is 0.000000122. The minimum atomic E-state index is 0.583. The van der Waals surface area contributed by atoms with Gasteiger partial charge < -0.3 is 10.5 Å². The van der Waals surface area contributed by atoms with Crippen LogP contribution in [0.25, 0.3) is 0 Å². The van der Waals surface area contributed by atoms with E-state index in [1.807, 2.05) is 0 Å². The average molecular weight is 115 g/mol. The SMILES string of the molecule is C=CCN.CC1CO1. The fourth-order valence-electron chi connectivity index (χ4n) is 0.0962. The largest absolute Gasteiger partial charge is 0.373 e. The summed E-state index contributed by atoms with van der Waals surface area (Å²) in [5.41, 5.74) is 4.91. The first kappa shape index (κ1) is 7.66. The van der Waals surface area contributed by atoms with Crippen LogP contribution in [0.15, 0.2) is 12.7 Å². The summed E-state index contributed by atoms with van der Waals surface area (Å²) >= 11 is 0. The summed E-state index contributed by atoms with van der Waals surface area (Å²) in [5.74, 6) is 0. The molecule has 0 aromatic rings. The molecule has 0 aliphatic carbocycles. The molecule has 0 aromatic heterocycles. The molecule has 48 valence electrons. The lowest BCUT2D eigenvalue weighted by Gasteiger charge is -1.61. The Hall–Kier alpha value is -0.340. The van der Waals surface area contributed by atoms with Crippen molar-refractivity contribution in [2.75, 3.05) is 13.2 Å². The van der Waals surface area contributed by atoms with Crippen molar-refractivity contribution < 1.29 is 4.74 Å². The highest BCUT2D eigenvalue weighted by molar-refractivity contribution is 4.64. The fraction of sp³-hybridized carbons (Fsp3) is 0.667. The van der Waals surface area contributed by atoms with Gasteiger partial charge in [-0.1, -0.05) is 6.08 Å². The van der Waals surface area contributed by atoms with Gasteiger partial charge in [0.05, 0.1) is 12.7 Å². The molecule has 0 aromatic carbocycles. The summed E-state index contributed by atoms with van der Waals surface area (Å²) in [5, 5.41) is 0. The fourth-order valence-corrected chi connectivity index (χ4v) is 0.0962. The van der Waals surface area contributed by atoms with Crippen LogP contribution in [0.3, 0.4) is 0 Å². The van der Waals surface area contributed by atoms with Crippen LogP contribution in [0, 0.1) is 0 Å². The van der Waals surface area contributed by atoms with Crippen molar-refractivity contribution in [2.24, 2.45) is 5.73 Å². The maximum atomic E-state index is 4.91. The van der Waals surface area contributed by atoms with Gasteiger partial charge >= 0.3 is 0 Å². The number of nitrogens with two attached hydrogens (primary N) is 1. The van der Waals surface area contributed by atoms with E-state index in [-0.39, 0.29) is 0 Å². The van der Waals surface area contributed by atoms with E-state index in [9.17, 15) is 0 Å². The van der Waals surface area contributed by atoms with Gasteiger partial charge in [-0.3, -0.25) is 0 Å². The smallest absolute Gasteiger partial charge is 0.0781 e. The lowest BCUT2D eigenvalue weighted by Crippen LogP contribution is -1.90. The molecule has 1 aliphatic rings. The van der Waals surface area contributed by atoms with Crippen LogP contribution in [-0.2, 0) is 4.74 Å². The van der Waals surface area contributed by atoms with Crippen LogP contribution in [0.1, 0.15) is 6.92 Å². The molecule has 1 fully saturated rings. The first-order valence-electron chi connectivity index (χ1n) is 2.73. The number of hydrogen-bond donors (Lipinski definition) is 1. The minimum Gasteiger partial charge on any atom is -0.373 e. The Morgan fingerprint density at radius 1 is 2.00 bits per heavy atom. The van der Waals surface area contributed by atoms with Crippen LogP contribution in [-0.4, -0.2) is 19.3 Å². The van der Waals surface area contributed by atoms with E-state index in [0.717, 1.165) is 6.61 Å². The summed E-state index contributed by atoms with van der Waals surface area (Å²) in [6.45, 7) is 6.98. The first-order chi connectivity index (χ1) is 3.81. The van der Waals surface area contributed by atoms with Gasteiger partial charge in [-0.05, 0) is 6.92 Å². The summed E-state index contributed by atoms with van der Waals surface area (Å²) < 4.78 is 4.71. The van der Waals surface area contributed by atoms with Crippen LogP contribution in [0.4, 0.5) is 0 Å².